The van der Waals surface area contributed by atoms with Crippen LogP contribution < -0.4 is 10.1 Å². The number of para-hydroxylation sites is 1. The van der Waals surface area contributed by atoms with Gasteiger partial charge < -0.3 is 15.2 Å². The zero-order valence-corrected chi connectivity index (χ0v) is 21.7. The number of halogens is 2. The van der Waals surface area contributed by atoms with Crippen LogP contribution in [0.2, 0.25) is 10.0 Å². The van der Waals surface area contributed by atoms with E-state index in [0.717, 1.165) is 0 Å². The van der Waals surface area contributed by atoms with Crippen molar-refractivity contribution in [3.8, 4) is 11.5 Å². The highest BCUT2D eigenvalue weighted by Crippen LogP contribution is 2.42. The molecule has 0 radical (unpaired) electrons. The maximum absolute atomic E-state index is 13.2. The van der Waals surface area contributed by atoms with Crippen LogP contribution in [-0.2, 0) is 10.1 Å². The summed E-state index contributed by atoms with van der Waals surface area (Å²) in [6, 6.07) is 15.9. The molecular formula is C25H19Cl2N3O6S. The van der Waals surface area contributed by atoms with Crippen molar-refractivity contribution >= 4 is 67.1 Å². The Balaban J connectivity index is 1.88. The first-order valence-electron chi connectivity index (χ1n) is 10.6. The lowest BCUT2D eigenvalue weighted by atomic mass is 10.0. The van der Waals surface area contributed by atoms with Crippen molar-refractivity contribution < 1.29 is 27.6 Å². The number of aromatic hydroxyl groups is 1. The van der Waals surface area contributed by atoms with Crippen LogP contribution in [0.3, 0.4) is 0 Å². The van der Waals surface area contributed by atoms with Gasteiger partial charge in [-0.3, -0.25) is 9.35 Å². The number of ether oxygens (including phenoxy) is 1. The number of azo groups is 1. The van der Waals surface area contributed by atoms with Gasteiger partial charge in [-0.05, 0) is 42.1 Å². The fourth-order valence-electron chi connectivity index (χ4n) is 3.74. The van der Waals surface area contributed by atoms with E-state index in [1.807, 2.05) is 0 Å². The van der Waals surface area contributed by atoms with Gasteiger partial charge >= 0.3 is 0 Å². The number of rotatable bonds is 6. The molecule has 0 fully saturated rings. The molecular weight excluding hydrogens is 541 g/mol. The van der Waals surface area contributed by atoms with Crippen molar-refractivity contribution in [2.75, 3.05) is 12.4 Å². The first-order chi connectivity index (χ1) is 17.5. The Morgan fingerprint density at radius 1 is 0.973 bits per heavy atom. The van der Waals surface area contributed by atoms with Crippen LogP contribution >= 0.6 is 23.2 Å². The number of carbonyl (C=O) groups excluding carboxylic acids is 1. The summed E-state index contributed by atoms with van der Waals surface area (Å²) in [5.74, 6) is -0.922. The normalized spacial score (nSPS) is 11.7. The Morgan fingerprint density at radius 2 is 1.68 bits per heavy atom. The fraction of sp³-hybridized carbons (Fsp3) is 0.0800. The molecule has 0 saturated carbocycles. The highest BCUT2D eigenvalue weighted by molar-refractivity contribution is 7.86. The average Bonchev–Trinajstić information content (AvgIpc) is 2.85. The smallest absolute Gasteiger partial charge is 0.297 e. The van der Waals surface area contributed by atoms with Gasteiger partial charge in [-0.25, -0.2) is 0 Å². The Kier molecular flexibility index (Phi) is 7.37. The number of phenolic OH excluding ortho intramolecular Hbond substituents is 1. The van der Waals surface area contributed by atoms with Crippen LogP contribution in [0.25, 0.3) is 10.8 Å². The molecule has 190 valence electrons. The summed E-state index contributed by atoms with van der Waals surface area (Å²) in [7, 11) is -3.28. The molecule has 12 heteroatoms. The van der Waals surface area contributed by atoms with Crippen molar-refractivity contribution in [3.05, 3.63) is 81.8 Å². The van der Waals surface area contributed by atoms with E-state index in [0.29, 0.717) is 16.5 Å². The van der Waals surface area contributed by atoms with Gasteiger partial charge in [-0.15, -0.1) is 10.2 Å². The Morgan fingerprint density at radius 3 is 2.38 bits per heavy atom. The molecule has 0 spiro atoms. The summed E-state index contributed by atoms with van der Waals surface area (Å²) in [5.41, 5.74) is -0.190. The van der Waals surface area contributed by atoms with Gasteiger partial charge in [0.2, 0.25) is 0 Å². The number of benzene rings is 4. The summed E-state index contributed by atoms with van der Waals surface area (Å²) in [6.07, 6.45) is 0. The van der Waals surface area contributed by atoms with E-state index in [1.54, 1.807) is 42.5 Å². The molecule has 4 aromatic carbocycles. The zero-order chi connectivity index (χ0) is 26.9. The van der Waals surface area contributed by atoms with E-state index in [-0.39, 0.29) is 38.2 Å². The minimum Gasteiger partial charge on any atom is -0.505 e. The Bertz CT molecular complexity index is 1690. The number of hydrogen-bond acceptors (Lipinski definition) is 7. The van der Waals surface area contributed by atoms with Crippen LogP contribution in [0.4, 0.5) is 17.1 Å². The van der Waals surface area contributed by atoms with E-state index in [4.69, 9.17) is 27.9 Å². The minimum atomic E-state index is -4.70. The number of nitrogens with one attached hydrogen (secondary N) is 1. The second kappa shape index (κ2) is 10.3. The van der Waals surface area contributed by atoms with Gasteiger partial charge in [0.15, 0.2) is 5.75 Å². The topological polar surface area (TPSA) is 138 Å². The highest BCUT2D eigenvalue weighted by Gasteiger charge is 2.23. The lowest BCUT2D eigenvalue weighted by Gasteiger charge is -2.14. The van der Waals surface area contributed by atoms with Crippen LogP contribution in [0.15, 0.2) is 75.8 Å². The van der Waals surface area contributed by atoms with Crippen molar-refractivity contribution in [2.45, 2.75) is 11.8 Å². The highest BCUT2D eigenvalue weighted by atomic mass is 35.5. The number of amides is 1. The van der Waals surface area contributed by atoms with Gasteiger partial charge in [-0.1, -0.05) is 59.6 Å². The molecule has 4 aromatic rings. The van der Waals surface area contributed by atoms with Crippen molar-refractivity contribution in [2.24, 2.45) is 10.2 Å². The standard InChI is InChI=1S/C25H19Cl2N3O6S/c1-13-10-11-18(27)22(24(13)37(33,34)35)30-29-20-15-7-4-3-6-14(15)12-16(23(20)31)25(32)28-21-17(26)8-5-9-19(21)36-2/h3-12,31H,1-2H3,(H,28,32)(H,33,34,35). The summed E-state index contributed by atoms with van der Waals surface area (Å²) >= 11 is 12.4. The first-order valence-corrected chi connectivity index (χ1v) is 12.8. The molecule has 4 rings (SSSR count). The van der Waals surface area contributed by atoms with Crippen molar-refractivity contribution in [1.29, 1.82) is 0 Å². The van der Waals surface area contributed by atoms with Gasteiger partial charge in [0.05, 0.1) is 22.7 Å². The van der Waals surface area contributed by atoms with Crippen LogP contribution in [0.5, 0.6) is 11.5 Å². The Labute approximate surface area is 222 Å². The van der Waals surface area contributed by atoms with Gasteiger partial charge in [0.1, 0.15) is 27.7 Å². The number of fused-ring (bicyclic) bond motifs is 1. The lowest BCUT2D eigenvalue weighted by molar-refractivity contribution is 0.102. The molecule has 0 aliphatic rings. The maximum Gasteiger partial charge on any atom is 0.297 e. The minimum absolute atomic E-state index is 0.0921. The monoisotopic (exact) mass is 559 g/mol. The molecule has 1 amide bonds. The zero-order valence-electron chi connectivity index (χ0n) is 19.4. The molecule has 0 aliphatic carbocycles. The molecule has 3 N–H and O–H groups in total. The third-order valence-electron chi connectivity index (χ3n) is 5.46. The summed E-state index contributed by atoms with van der Waals surface area (Å²) in [6.45, 7) is 1.46. The van der Waals surface area contributed by atoms with Crippen LogP contribution in [0, 0.1) is 6.92 Å². The molecule has 0 unspecified atom stereocenters. The lowest BCUT2D eigenvalue weighted by Crippen LogP contribution is -2.13. The second-order valence-electron chi connectivity index (χ2n) is 7.83. The van der Waals surface area contributed by atoms with E-state index in [1.165, 1.54) is 32.2 Å². The molecule has 0 heterocycles. The fourth-order valence-corrected chi connectivity index (χ4v) is 5.07. The SMILES string of the molecule is COc1cccc(Cl)c1NC(=O)c1cc2ccccc2c(N=Nc2c(Cl)ccc(C)c2S(=O)(=O)O)c1O. The number of carbonyl (C=O) groups is 1. The molecule has 9 nitrogen and oxygen atoms in total. The molecule has 37 heavy (non-hydrogen) atoms. The van der Waals surface area contributed by atoms with Crippen molar-refractivity contribution in [3.63, 3.8) is 0 Å². The predicted molar refractivity (Wildman–Crippen MR) is 142 cm³/mol. The summed E-state index contributed by atoms with van der Waals surface area (Å²) in [5, 5.41) is 22.8. The number of nitrogens with zero attached hydrogens (tertiary/aromatic N) is 2. The number of anilines is 1. The number of hydrogen-bond donors (Lipinski definition) is 3. The van der Waals surface area contributed by atoms with E-state index in [2.05, 4.69) is 15.5 Å². The quantitative estimate of drug-likeness (QED) is 0.170. The Hall–Kier alpha value is -3.70. The molecule has 0 aliphatic heterocycles. The molecule has 0 atom stereocenters. The number of phenols is 1. The van der Waals surface area contributed by atoms with Gasteiger partial charge in [0, 0.05) is 5.39 Å². The number of methoxy groups -OCH3 is 1. The summed E-state index contributed by atoms with van der Waals surface area (Å²) in [4.78, 5) is 12.7. The molecule has 0 saturated heterocycles. The van der Waals surface area contributed by atoms with Crippen LogP contribution in [0.1, 0.15) is 15.9 Å². The second-order valence-corrected chi connectivity index (χ2v) is 10.0. The van der Waals surface area contributed by atoms with E-state index in [9.17, 15) is 22.9 Å². The largest absolute Gasteiger partial charge is 0.505 e. The van der Waals surface area contributed by atoms with E-state index >= 15 is 0 Å². The van der Waals surface area contributed by atoms with E-state index < -0.39 is 26.7 Å². The van der Waals surface area contributed by atoms with Crippen LogP contribution in [-0.4, -0.2) is 31.1 Å². The third-order valence-corrected chi connectivity index (χ3v) is 7.11. The predicted octanol–water partition coefficient (Wildman–Crippen LogP) is 7.08. The summed E-state index contributed by atoms with van der Waals surface area (Å²) < 4.78 is 38.9. The average molecular weight is 560 g/mol. The first kappa shape index (κ1) is 26.4. The van der Waals surface area contributed by atoms with Crippen molar-refractivity contribution in [1.82, 2.24) is 0 Å². The van der Waals surface area contributed by atoms with Gasteiger partial charge in [0.25, 0.3) is 16.0 Å². The molecule has 0 bridgehead atoms. The number of aryl methyl sites for hydroxylation is 1. The maximum atomic E-state index is 13.2. The molecule has 0 aromatic heterocycles. The van der Waals surface area contributed by atoms with Gasteiger partial charge in [-0.2, -0.15) is 8.42 Å². The third kappa shape index (κ3) is 5.23.